The number of carbonyl (C=O) groups is 1. The van der Waals surface area contributed by atoms with E-state index in [0.29, 0.717) is 31.3 Å². The van der Waals surface area contributed by atoms with Crippen molar-refractivity contribution in [3.05, 3.63) is 11.6 Å². The Morgan fingerprint density at radius 3 is 2.54 bits per heavy atom. The van der Waals surface area contributed by atoms with Crippen LogP contribution < -0.4 is 11.1 Å². The minimum atomic E-state index is -1.09. The molecule has 6 fully saturated rings. The lowest BCUT2D eigenvalue weighted by atomic mass is 9.44. The number of carbonyl (C=O) groups excluding carboxylic acids is 1. The Hall–Kier alpha value is -0.870. The van der Waals surface area contributed by atoms with Gasteiger partial charge in [-0.05, 0) is 150 Å². The van der Waals surface area contributed by atoms with Gasteiger partial charge in [0.05, 0.1) is 23.5 Å². The maximum atomic E-state index is 14.2. The third kappa shape index (κ3) is 6.33. The second kappa shape index (κ2) is 14.3. The van der Waals surface area contributed by atoms with Gasteiger partial charge in [0.2, 0.25) is 0 Å². The number of ketones is 1. The van der Waals surface area contributed by atoms with E-state index in [2.05, 4.69) is 39.9 Å². The molecule has 0 amide bonds. The molecule has 14 unspecified atom stereocenters. The summed E-state index contributed by atoms with van der Waals surface area (Å²) in [6.07, 6.45) is 17.9. The molecule has 52 heavy (non-hydrogen) atoms. The van der Waals surface area contributed by atoms with Gasteiger partial charge in [-0.3, -0.25) is 4.79 Å². The summed E-state index contributed by atoms with van der Waals surface area (Å²) < 4.78 is 13.8. The first-order valence-corrected chi connectivity index (χ1v) is 21.7. The number of hydrogen-bond acceptors (Lipinski definition) is 8. The molecule has 8 heteroatoms. The molecule has 8 nitrogen and oxygen atoms in total. The number of hydrogen-bond donors (Lipinski definition) is 5. The van der Waals surface area contributed by atoms with Gasteiger partial charge in [0.25, 0.3) is 0 Å². The van der Waals surface area contributed by atoms with Gasteiger partial charge < -0.3 is 35.8 Å². The average molecular weight is 727 g/mol. The van der Waals surface area contributed by atoms with Crippen molar-refractivity contribution < 1.29 is 29.6 Å². The number of ether oxygens (including phenoxy) is 2. The van der Waals surface area contributed by atoms with Gasteiger partial charge in [-0.25, -0.2) is 0 Å². The molecule has 14 atom stereocenters. The number of rotatable bonds is 12. The summed E-state index contributed by atoms with van der Waals surface area (Å²) in [6.45, 7) is 14.9. The molecule has 7 aliphatic rings. The van der Waals surface area contributed by atoms with Crippen molar-refractivity contribution in [3.8, 4) is 0 Å². The molecular weight excluding hydrogens is 652 g/mol. The van der Waals surface area contributed by atoms with E-state index in [9.17, 15) is 20.1 Å². The molecule has 0 bridgehead atoms. The van der Waals surface area contributed by atoms with E-state index in [1.165, 1.54) is 19.3 Å². The number of aliphatic hydroxyl groups is 3. The van der Waals surface area contributed by atoms with Gasteiger partial charge in [-0.2, -0.15) is 0 Å². The molecule has 0 radical (unpaired) electrons. The number of piperidine rings is 1. The third-order valence-corrected chi connectivity index (χ3v) is 17.1. The Kier molecular flexibility index (Phi) is 10.8. The summed E-state index contributed by atoms with van der Waals surface area (Å²) in [5.74, 6) is 1.21. The summed E-state index contributed by atoms with van der Waals surface area (Å²) in [5, 5.41) is 39.9. The lowest BCUT2D eigenvalue weighted by Crippen LogP contribution is -2.63. The third-order valence-electron chi connectivity index (χ3n) is 17.1. The van der Waals surface area contributed by atoms with Gasteiger partial charge in [-0.15, -0.1) is 0 Å². The SMILES string of the molecule is CCCCCCC12CCC(O)CC1C(=O)C=C1C2CCC2(C)C(C3(C4OC4C(C)(O)C(C)(C)CCC4CCNC(N)C4)CC(C)CCO3)CCC12O. The zero-order valence-corrected chi connectivity index (χ0v) is 33.6. The number of unbranched alkanes of at least 4 members (excludes halogenated alkanes) is 3. The van der Waals surface area contributed by atoms with Crippen LogP contribution in [0, 0.1) is 45.8 Å². The Labute approximate surface area is 314 Å². The molecule has 6 N–H and O–H groups in total. The monoisotopic (exact) mass is 727 g/mol. The molecule has 296 valence electrons. The average Bonchev–Trinajstić information content (AvgIpc) is 3.87. The van der Waals surface area contributed by atoms with Crippen LogP contribution >= 0.6 is 0 Å². The highest BCUT2D eigenvalue weighted by molar-refractivity contribution is 5.95. The largest absolute Gasteiger partial charge is 0.393 e. The first-order valence-electron chi connectivity index (χ1n) is 21.7. The fourth-order valence-electron chi connectivity index (χ4n) is 13.5. The highest BCUT2D eigenvalue weighted by Gasteiger charge is 2.75. The zero-order valence-electron chi connectivity index (χ0n) is 33.6. The second-order valence-electron chi connectivity index (χ2n) is 20.4. The fourth-order valence-corrected chi connectivity index (χ4v) is 13.5. The molecule has 3 saturated carbocycles. The second-order valence-corrected chi connectivity index (χ2v) is 20.4. The van der Waals surface area contributed by atoms with E-state index in [1.807, 2.05) is 13.0 Å². The normalized spacial score (nSPS) is 47.5. The zero-order chi connectivity index (χ0) is 37.3. The van der Waals surface area contributed by atoms with Crippen LogP contribution in [-0.2, 0) is 14.3 Å². The van der Waals surface area contributed by atoms with Crippen molar-refractivity contribution >= 4 is 5.78 Å². The highest BCUT2D eigenvalue weighted by atomic mass is 16.6. The molecule has 3 aliphatic heterocycles. The van der Waals surface area contributed by atoms with Crippen LogP contribution in [0.3, 0.4) is 0 Å². The number of fused-ring (bicyclic) bond motifs is 5. The van der Waals surface area contributed by atoms with Crippen LogP contribution in [0.25, 0.3) is 0 Å². The number of allylic oxidation sites excluding steroid dienone is 1. The Morgan fingerprint density at radius 2 is 1.81 bits per heavy atom. The summed E-state index contributed by atoms with van der Waals surface area (Å²) >= 11 is 0. The van der Waals surface area contributed by atoms with E-state index in [0.717, 1.165) is 95.6 Å². The Morgan fingerprint density at radius 1 is 1.02 bits per heavy atom. The minimum absolute atomic E-state index is 0.0428. The first kappa shape index (κ1) is 39.4. The van der Waals surface area contributed by atoms with Gasteiger partial charge >= 0.3 is 0 Å². The van der Waals surface area contributed by atoms with E-state index < -0.39 is 28.3 Å². The molecule has 7 rings (SSSR count). The van der Waals surface area contributed by atoms with Gasteiger partial charge in [0.1, 0.15) is 17.8 Å². The summed E-state index contributed by atoms with van der Waals surface area (Å²) in [7, 11) is 0. The maximum absolute atomic E-state index is 14.2. The maximum Gasteiger partial charge on any atom is 0.159 e. The predicted molar refractivity (Wildman–Crippen MR) is 204 cm³/mol. The number of aliphatic hydroxyl groups excluding tert-OH is 1. The first-order chi connectivity index (χ1) is 24.5. The van der Waals surface area contributed by atoms with E-state index in [4.69, 9.17) is 15.2 Å². The Bertz CT molecular complexity index is 1350. The van der Waals surface area contributed by atoms with Crippen molar-refractivity contribution in [2.75, 3.05) is 13.2 Å². The van der Waals surface area contributed by atoms with Crippen LogP contribution in [0.1, 0.15) is 157 Å². The molecule has 0 spiro atoms. The molecule has 0 aromatic rings. The standard InChI is InChI=1S/C44H74N2O6/c1-7-8-9-10-17-42-20-12-30(47)25-33(42)34(48)26-32-31(42)13-19-40(5)35(14-21-44(32,40)50)43(27-28(2)16-23-51-43)38-37(52-38)41(6,49)39(3,4)18-11-29-15-22-46-36(45)24-29/h26,28-31,33,35-38,46-47,49-50H,7-25,27,45H2,1-6H3. The van der Waals surface area contributed by atoms with Crippen molar-refractivity contribution in [1.29, 1.82) is 0 Å². The summed E-state index contributed by atoms with van der Waals surface area (Å²) in [5.41, 5.74) is 3.45. The highest BCUT2D eigenvalue weighted by Crippen LogP contribution is 2.71. The molecule has 0 aromatic heterocycles. The van der Waals surface area contributed by atoms with Crippen molar-refractivity contribution in [2.24, 2.45) is 51.6 Å². The molecule has 0 aromatic carbocycles. The molecule has 3 heterocycles. The number of nitrogens with one attached hydrogen (secondary N) is 1. The van der Waals surface area contributed by atoms with E-state index >= 15 is 0 Å². The van der Waals surface area contributed by atoms with Crippen molar-refractivity contribution in [2.45, 2.75) is 198 Å². The van der Waals surface area contributed by atoms with Crippen LogP contribution in [0.15, 0.2) is 11.6 Å². The Balaban J connectivity index is 1.16. The fraction of sp³-hybridized carbons (Fsp3) is 0.932. The number of nitrogens with two attached hydrogens (primary N) is 1. The smallest absolute Gasteiger partial charge is 0.159 e. The van der Waals surface area contributed by atoms with Crippen LogP contribution in [0.4, 0.5) is 0 Å². The van der Waals surface area contributed by atoms with Gasteiger partial charge in [-0.1, -0.05) is 60.3 Å². The molecule has 4 aliphatic carbocycles. The molecule has 3 saturated heterocycles. The quantitative estimate of drug-likeness (QED) is 0.108. The summed E-state index contributed by atoms with van der Waals surface area (Å²) in [4.78, 5) is 14.2. The topological polar surface area (TPSA) is 138 Å². The molecular formula is C44H74N2O6. The van der Waals surface area contributed by atoms with E-state index in [-0.39, 0.29) is 52.7 Å². The lowest BCUT2D eigenvalue weighted by Gasteiger charge is -2.62. The number of epoxide rings is 1. The van der Waals surface area contributed by atoms with Gasteiger partial charge in [0.15, 0.2) is 5.78 Å². The van der Waals surface area contributed by atoms with Crippen LogP contribution in [-0.4, -0.2) is 75.5 Å². The van der Waals surface area contributed by atoms with Crippen molar-refractivity contribution in [1.82, 2.24) is 5.32 Å². The predicted octanol–water partition coefficient (Wildman–Crippen LogP) is 6.97. The summed E-state index contributed by atoms with van der Waals surface area (Å²) in [6, 6.07) is 0. The van der Waals surface area contributed by atoms with Crippen LogP contribution in [0.2, 0.25) is 0 Å². The van der Waals surface area contributed by atoms with Crippen LogP contribution in [0.5, 0.6) is 0 Å². The van der Waals surface area contributed by atoms with Crippen molar-refractivity contribution in [3.63, 3.8) is 0 Å². The lowest BCUT2D eigenvalue weighted by molar-refractivity contribution is -0.194. The minimum Gasteiger partial charge on any atom is -0.393 e. The van der Waals surface area contributed by atoms with Gasteiger partial charge in [0, 0.05) is 17.9 Å². The van der Waals surface area contributed by atoms with E-state index in [1.54, 1.807) is 0 Å².